The lowest BCUT2D eigenvalue weighted by molar-refractivity contribution is 0.0785. The number of nitrogens with zero attached hydrogens (tertiary/aromatic N) is 4. The molecule has 0 spiro atoms. The number of ether oxygens (including phenoxy) is 2. The van der Waals surface area contributed by atoms with Crippen molar-refractivity contribution in [2.24, 2.45) is 0 Å². The minimum Gasteiger partial charge on any atom is -0.494 e. The van der Waals surface area contributed by atoms with Gasteiger partial charge in [0.2, 0.25) is 0 Å². The van der Waals surface area contributed by atoms with E-state index in [1.165, 1.54) is 12.1 Å². The Morgan fingerprint density at radius 2 is 1.77 bits per heavy atom. The number of halogens is 1. The van der Waals surface area contributed by atoms with Crippen molar-refractivity contribution in [1.29, 1.82) is 0 Å². The standard InChI is InChI=1S/C24H21FN4O2/c1-30-19-13-29(14-19)24-20-10-17(15-5-7-18(25)8-6-15)11-21(31-2)22(20)27-23(28-24)16-4-3-9-26-12-16/h3-12,19H,13-14H2,1-2H3. The van der Waals surface area contributed by atoms with Crippen LogP contribution in [0.5, 0.6) is 5.75 Å². The van der Waals surface area contributed by atoms with E-state index in [1.807, 2.05) is 24.3 Å². The van der Waals surface area contributed by atoms with Gasteiger partial charge >= 0.3 is 0 Å². The number of pyridine rings is 1. The monoisotopic (exact) mass is 416 g/mol. The largest absolute Gasteiger partial charge is 0.494 e. The molecule has 0 unspecified atom stereocenters. The fourth-order valence-corrected chi connectivity index (χ4v) is 3.78. The fourth-order valence-electron chi connectivity index (χ4n) is 3.78. The topological polar surface area (TPSA) is 60.4 Å². The molecular formula is C24H21FN4O2. The number of benzene rings is 2. The second-order valence-corrected chi connectivity index (χ2v) is 7.46. The summed E-state index contributed by atoms with van der Waals surface area (Å²) in [4.78, 5) is 16.1. The van der Waals surface area contributed by atoms with Gasteiger partial charge < -0.3 is 14.4 Å². The molecule has 1 saturated heterocycles. The van der Waals surface area contributed by atoms with Crippen molar-refractivity contribution in [2.45, 2.75) is 6.10 Å². The number of anilines is 1. The van der Waals surface area contributed by atoms with Crippen LogP contribution in [0.4, 0.5) is 10.2 Å². The molecule has 7 heteroatoms. The van der Waals surface area contributed by atoms with Gasteiger partial charge in [0, 0.05) is 43.5 Å². The van der Waals surface area contributed by atoms with Gasteiger partial charge in [-0.15, -0.1) is 0 Å². The summed E-state index contributed by atoms with van der Waals surface area (Å²) in [7, 11) is 3.34. The Hall–Kier alpha value is -3.58. The van der Waals surface area contributed by atoms with Crippen molar-refractivity contribution < 1.29 is 13.9 Å². The van der Waals surface area contributed by atoms with Crippen LogP contribution < -0.4 is 9.64 Å². The van der Waals surface area contributed by atoms with Gasteiger partial charge in [-0.1, -0.05) is 12.1 Å². The lowest BCUT2D eigenvalue weighted by Gasteiger charge is -2.39. The molecule has 3 heterocycles. The van der Waals surface area contributed by atoms with E-state index in [9.17, 15) is 4.39 Å². The van der Waals surface area contributed by atoms with Gasteiger partial charge in [-0.05, 0) is 47.5 Å². The van der Waals surface area contributed by atoms with Gasteiger partial charge in [0.05, 0.1) is 13.2 Å². The van der Waals surface area contributed by atoms with E-state index in [4.69, 9.17) is 19.4 Å². The van der Waals surface area contributed by atoms with E-state index in [0.29, 0.717) is 11.6 Å². The van der Waals surface area contributed by atoms with Crippen molar-refractivity contribution >= 4 is 16.7 Å². The van der Waals surface area contributed by atoms with Gasteiger partial charge in [0.1, 0.15) is 22.9 Å². The minimum absolute atomic E-state index is 0.175. The van der Waals surface area contributed by atoms with E-state index in [1.54, 1.807) is 38.7 Å². The number of fused-ring (bicyclic) bond motifs is 1. The molecule has 1 aliphatic rings. The van der Waals surface area contributed by atoms with Crippen LogP contribution >= 0.6 is 0 Å². The van der Waals surface area contributed by atoms with Crippen LogP contribution in [-0.2, 0) is 4.74 Å². The van der Waals surface area contributed by atoms with Crippen molar-refractivity contribution in [3.8, 4) is 28.3 Å². The number of aromatic nitrogens is 3. The van der Waals surface area contributed by atoms with Gasteiger partial charge in [0.15, 0.2) is 5.82 Å². The molecule has 2 aromatic heterocycles. The summed E-state index contributed by atoms with van der Waals surface area (Å²) in [5.74, 6) is 1.77. The van der Waals surface area contributed by atoms with Crippen LogP contribution in [0.25, 0.3) is 33.4 Å². The number of methoxy groups -OCH3 is 2. The van der Waals surface area contributed by atoms with Gasteiger partial charge in [-0.3, -0.25) is 4.98 Å². The van der Waals surface area contributed by atoms with E-state index in [-0.39, 0.29) is 11.9 Å². The molecule has 31 heavy (non-hydrogen) atoms. The maximum atomic E-state index is 13.4. The van der Waals surface area contributed by atoms with Crippen LogP contribution in [0.2, 0.25) is 0 Å². The molecule has 6 nitrogen and oxygen atoms in total. The third-order valence-corrected chi connectivity index (χ3v) is 5.54. The highest BCUT2D eigenvalue weighted by molar-refractivity contribution is 5.98. The molecule has 0 atom stereocenters. The maximum absolute atomic E-state index is 13.4. The van der Waals surface area contributed by atoms with Gasteiger partial charge in [0.25, 0.3) is 0 Å². The molecule has 5 rings (SSSR count). The van der Waals surface area contributed by atoms with Crippen molar-refractivity contribution in [3.63, 3.8) is 0 Å². The second-order valence-electron chi connectivity index (χ2n) is 7.46. The highest BCUT2D eigenvalue weighted by Gasteiger charge is 2.30. The highest BCUT2D eigenvalue weighted by Crippen LogP contribution is 2.38. The molecule has 0 N–H and O–H groups in total. The first-order valence-electron chi connectivity index (χ1n) is 10.00. The van der Waals surface area contributed by atoms with Crippen LogP contribution in [0, 0.1) is 5.82 Å². The normalized spacial score (nSPS) is 14.0. The van der Waals surface area contributed by atoms with Crippen molar-refractivity contribution in [3.05, 3.63) is 66.7 Å². The van der Waals surface area contributed by atoms with E-state index >= 15 is 0 Å². The maximum Gasteiger partial charge on any atom is 0.163 e. The molecule has 4 aromatic rings. The number of hydrogen-bond donors (Lipinski definition) is 0. The average molecular weight is 416 g/mol. The van der Waals surface area contributed by atoms with Crippen LogP contribution in [-0.4, -0.2) is 48.4 Å². The zero-order valence-electron chi connectivity index (χ0n) is 17.2. The van der Waals surface area contributed by atoms with Crippen LogP contribution in [0.3, 0.4) is 0 Å². The average Bonchev–Trinajstić information content (AvgIpc) is 2.78. The Kier molecular flexibility index (Phi) is 4.95. The lowest BCUT2D eigenvalue weighted by Crippen LogP contribution is -2.52. The molecule has 0 aliphatic carbocycles. The molecule has 1 aliphatic heterocycles. The molecule has 0 saturated carbocycles. The predicted molar refractivity (Wildman–Crippen MR) is 118 cm³/mol. The SMILES string of the molecule is COc1cc(-c2ccc(F)cc2)cc2c(N3CC(OC)C3)nc(-c3cccnc3)nc12. The van der Waals surface area contributed by atoms with Crippen molar-refractivity contribution in [1.82, 2.24) is 15.0 Å². The summed E-state index contributed by atoms with van der Waals surface area (Å²) in [5, 5.41) is 0.876. The smallest absolute Gasteiger partial charge is 0.163 e. The summed E-state index contributed by atoms with van der Waals surface area (Å²) in [6, 6.07) is 14.2. The molecule has 156 valence electrons. The minimum atomic E-state index is -0.271. The molecule has 0 radical (unpaired) electrons. The first-order chi connectivity index (χ1) is 15.2. The molecule has 1 fully saturated rings. The quantitative estimate of drug-likeness (QED) is 0.482. The summed E-state index contributed by atoms with van der Waals surface area (Å²) >= 11 is 0. The Bertz CT molecular complexity index is 1230. The van der Waals surface area contributed by atoms with E-state index in [0.717, 1.165) is 46.5 Å². The van der Waals surface area contributed by atoms with Crippen molar-refractivity contribution in [2.75, 3.05) is 32.2 Å². The predicted octanol–water partition coefficient (Wildman–Crippen LogP) is 4.34. The molecule has 2 aromatic carbocycles. The molecule has 0 amide bonds. The third kappa shape index (κ3) is 3.57. The summed E-state index contributed by atoms with van der Waals surface area (Å²) in [6.45, 7) is 1.50. The van der Waals surface area contributed by atoms with Crippen LogP contribution in [0.15, 0.2) is 60.9 Å². The Balaban J connectivity index is 1.72. The Morgan fingerprint density at radius 3 is 2.45 bits per heavy atom. The van der Waals surface area contributed by atoms with E-state index in [2.05, 4.69) is 9.88 Å². The number of rotatable bonds is 5. The zero-order chi connectivity index (χ0) is 21.4. The third-order valence-electron chi connectivity index (χ3n) is 5.54. The lowest BCUT2D eigenvalue weighted by atomic mass is 10.0. The number of hydrogen-bond acceptors (Lipinski definition) is 6. The first-order valence-corrected chi connectivity index (χ1v) is 10.00. The summed E-state index contributed by atoms with van der Waals surface area (Å²) in [5.41, 5.74) is 3.35. The van der Waals surface area contributed by atoms with Gasteiger partial charge in [-0.25, -0.2) is 14.4 Å². The summed E-state index contributed by atoms with van der Waals surface area (Å²) < 4.78 is 24.6. The molecular weight excluding hydrogens is 395 g/mol. The summed E-state index contributed by atoms with van der Waals surface area (Å²) in [6.07, 6.45) is 3.65. The first kappa shape index (κ1) is 19.4. The Morgan fingerprint density at radius 1 is 0.968 bits per heavy atom. The zero-order valence-corrected chi connectivity index (χ0v) is 17.2. The molecule has 0 bridgehead atoms. The van der Waals surface area contributed by atoms with E-state index < -0.39 is 0 Å². The van der Waals surface area contributed by atoms with Gasteiger partial charge in [-0.2, -0.15) is 0 Å². The second kappa shape index (κ2) is 7.92. The van der Waals surface area contributed by atoms with Crippen LogP contribution in [0.1, 0.15) is 0 Å². The fraction of sp³-hybridized carbons (Fsp3) is 0.208. The highest BCUT2D eigenvalue weighted by atomic mass is 19.1. The Labute approximate surface area is 179 Å².